The van der Waals surface area contributed by atoms with Gasteiger partial charge in [-0.25, -0.2) is 0 Å². The Labute approximate surface area is 123 Å². The van der Waals surface area contributed by atoms with Crippen molar-refractivity contribution in [1.29, 1.82) is 0 Å². The molecule has 0 aromatic heterocycles. The van der Waals surface area contributed by atoms with Gasteiger partial charge >= 0.3 is 0 Å². The van der Waals surface area contributed by atoms with Crippen LogP contribution in [0.3, 0.4) is 0 Å². The number of nitrogens with one attached hydrogen (secondary N) is 1. The van der Waals surface area contributed by atoms with Gasteiger partial charge in [-0.05, 0) is 38.9 Å². The molecule has 1 aliphatic rings. The molecular weight excluding hydrogens is 248 g/mol. The number of nitrogens with zero attached hydrogens (tertiary/aromatic N) is 1. The van der Waals surface area contributed by atoms with E-state index in [0.29, 0.717) is 18.2 Å². The first-order valence-electron chi connectivity index (χ1n) is 7.80. The van der Waals surface area contributed by atoms with E-state index < -0.39 is 0 Å². The highest BCUT2D eigenvalue weighted by Gasteiger charge is 2.27. The summed E-state index contributed by atoms with van der Waals surface area (Å²) in [6, 6.07) is 11.6. The molecule has 1 saturated heterocycles. The van der Waals surface area contributed by atoms with Crippen LogP contribution in [0.5, 0.6) is 0 Å². The van der Waals surface area contributed by atoms with Crippen molar-refractivity contribution >= 4 is 0 Å². The Bertz CT molecular complexity index is 376. The van der Waals surface area contributed by atoms with Crippen LogP contribution in [0.15, 0.2) is 30.3 Å². The lowest BCUT2D eigenvalue weighted by Crippen LogP contribution is -2.44. The fourth-order valence-corrected chi connectivity index (χ4v) is 3.29. The standard InChI is InChI=1S/C17H28N2O/c1-4-16(19(3)13-15-11-8-12-20-15)17(18-2)14-9-6-5-7-10-14/h5-7,9-10,15-18H,4,8,11-13H2,1-3H3. The van der Waals surface area contributed by atoms with Crippen LogP contribution < -0.4 is 5.32 Å². The third-order valence-corrected chi connectivity index (χ3v) is 4.35. The number of hydrogen-bond donors (Lipinski definition) is 1. The summed E-state index contributed by atoms with van der Waals surface area (Å²) in [6.45, 7) is 4.23. The maximum atomic E-state index is 5.78. The summed E-state index contributed by atoms with van der Waals surface area (Å²) in [5.74, 6) is 0. The zero-order chi connectivity index (χ0) is 14.4. The van der Waals surface area contributed by atoms with Crippen LogP contribution in [0.4, 0.5) is 0 Å². The van der Waals surface area contributed by atoms with Gasteiger partial charge in [0.1, 0.15) is 0 Å². The smallest absolute Gasteiger partial charge is 0.0702 e. The van der Waals surface area contributed by atoms with Gasteiger partial charge in [0.05, 0.1) is 6.10 Å². The van der Waals surface area contributed by atoms with Gasteiger partial charge in [0.2, 0.25) is 0 Å². The average molecular weight is 276 g/mol. The number of benzene rings is 1. The number of likely N-dealkylation sites (N-methyl/N-ethyl adjacent to an activating group) is 2. The molecule has 0 bridgehead atoms. The van der Waals surface area contributed by atoms with Gasteiger partial charge in [-0.1, -0.05) is 37.3 Å². The Kier molecular flexibility index (Phi) is 6.02. The molecule has 1 aliphatic heterocycles. The average Bonchev–Trinajstić information content (AvgIpc) is 2.98. The SMILES string of the molecule is CCC(C(NC)c1ccccc1)N(C)CC1CCCO1. The van der Waals surface area contributed by atoms with Crippen molar-refractivity contribution in [1.82, 2.24) is 10.2 Å². The molecule has 0 spiro atoms. The summed E-state index contributed by atoms with van der Waals surface area (Å²) in [5.41, 5.74) is 1.36. The minimum absolute atomic E-state index is 0.368. The Morgan fingerprint density at radius 3 is 2.65 bits per heavy atom. The maximum Gasteiger partial charge on any atom is 0.0702 e. The maximum absolute atomic E-state index is 5.78. The van der Waals surface area contributed by atoms with Crippen molar-refractivity contribution in [2.24, 2.45) is 0 Å². The predicted molar refractivity (Wildman–Crippen MR) is 83.9 cm³/mol. The third-order valence-electron chi connectivity index (χ3n) is 4.35. The van der Waals surface area contributed by atoms with E-state index in [-0.39, 0.29) is 0 Å². The molecule has 0 aliphatic carbocycles. The highest BCUT2D eigenvalue weighted by atomic mass is 16.5. The van der Waals surface area contributed by atoms with Crippen LogP contribution in [0.25, 0.3) is 0 Å². The van der Waals surface area contributed by atoms with E-state index in [1.54, 1.807) is 0 Å². The lowest BCUT2D eigenvalue weighted by Gasteiger charge is -2.35. The zero-order valence-corrected chi connectivity index (χ0v) is 13.0. The number of hydrogen-bond acceptors (Lipinski definition) is 3. The van der Waals surface area contributed by atoms with Gasteiger partial charge in [0.15, 0.2) is 0 Å². The topological polar surface area (TPSA) is 24.5 Å². The summed E-state index contributed by atoms with van der Waals surface area (Å²) in [7, 11) is 4.28. The lowest BCUT2D eigenvalue weighted by atomic mass is 9.96. The second-order valence-electron chi connectivity index (χ2n) is 5.73. The van der Waals surface area contributed by atoms with Gasteiger partial charge in [-0.15, -0.1) is 0 Å². The molecular formula is C17H28N2O. The number of rotatable bonds is 7. The third kappa shape index (κ3) is 3.81. The largest absolute Gasteiger partial charge is 0.377 e. The fraction of sp³-hybridized carbons (Fsp3) is 0.647. The molecule has 0 saturated carbocycles. The highest BCUT2D eigenvalue weighted by molar-refractivity contribution is 5.20. The lowest BCUT2D eigenvalue weighted by molar-refractivity contribution is 0.0601. The molecule has 1 aromatic rings. The molecule has 2 rings (SSSR count). The van der Waals surface area contributed by atoms with Crippen molar-refractivity contribution in [2.45, 2.75) is 44.4 Å². The Hall–Kier alpha value is -0.900. The molecule has 3 unspecified atom stereocenters. The zero-order valence-electron chi connectivity index (χ0n) is 13.0. The fourth-order valence-electron chi connectivity index (χ4n) is 3.29. The first-order valence-corrected chi connectivity index (χ1v) is 7.80. The summed E-state index contributed by atoms with van der Waals surface area (Å²) in [5, 5.41) is 3.49. The van der Waals surface area contributed by atoms with E-state index in [9.17, 15) is 0 Å². The first kappa shape index (κ1) is 15.5. The Morgan fingerprint density at radius 2 is 2.10 bits per heavy atom. The van der Waals surface area contributed by atoms with E-state index in [4.69, 9.17) is 4.74 Å². The molecule has 1 heterocycles. The molecule has 1 aromatic carbocycles. The Balaban J connectivity index is 2.04. The summed E-state index contributed by atoms with van der Waals surface area (Å²) >= 11 is 0. The molecule has 1 N–H and O–H groups in total. The van der Waals surface area contributed by atoms with E-state index in [1.807, 2.05) is 0 Å². The predicted octanol–water partition coefficient (Wildman–Crippen LogP) is 2.84. The molecule has 3 nitrogen and oxygen atoms in total. The molecule has 3 atom stereocenters. The van der Waals surface area contributed by atoms with Crippen LogP contribution >= 0.6 is 0 Å². The van der Waals surface area contributed by atoms with Gasteiger partial charge < -0.3 is 10.1 Å². The van der Waals surface area contributed by atoms with E-state index >= 15 is 0 Å². The number of ether oxygens (including phenoxy) is 1. The summed E-state index contributed by atoms with van der Waals surface area (Å²) in [6.07, 6.45) is 3.96. The van der Waals surface area contributed by atoms with Crippen LogP contribution in [0, 0.1) is 0 Å². The van der Waals surface area contributed by atoms with E-state index in [0.717, 1.165) is 19.6 Å². The van der Waals surface area contributed by atoms with Crippen LogP contribution in [0.1, 0.15) is 37.8 Å². The Morgan fingerprint density at radius 1 is 1.35 bits per heavy atom. The molecule has 112 valence electrons. The second kappa shape index (κ2) is 7.77. The van der Waals surface area contributed by atoms with Gasteiger partial charge in [0, 0.05) is 25.2 Å². The van der Waals surface area contributed by atoms with Crippen LogP contribution in [0.2, 0.25) is 0 Å². The molecule has 1 fully saturated rings. The van der Waals surface area contributed by atoms with E-state index in [1.165, 1.54) is 18.4 Å². The minimum Gasteiger partial charge on any atom is -0.377 e. The molecule has 0 amide bonds. The minimum atomic E-state index is 0.368. The highest BCUT2D eigenvalue weighted by Crippen LogP contribution is 2.24. The molecule has 0 radical (unpaired) electrons. The summed E-state index contributed by atoms with van der Waals surface area (Å²) in [4.78, 5) is 2.46. The molecule has 20 heavy (non-hydrogen) atoms. The van der Waals surface area contributed by atoms with Gasteiger partial charge in [-0.2, -0.15) is 0 Å². The normalized spacial score (nSPS) is 22.1. The van der Waals surface area contributed by atoms with E-state index in [2.05, 4.69) is 61.6 Å². The first-order chi connectivity index (χ1) is 9.76. The monoisotopic (exact) mass is 276 g/mol. The molecule has 3 heteroatoms. The quantitative estimate of drug-likeness (QED) is 0.829. The van der Waals surface area contributed by atoms with Crippen molar-refractivity contribution in [3.05, 3.63) is 35.9 Å². The van der Waals surface area contributed by atoms with Gasteiger partial charge in [0.25, 0.3) is 0 Å². The van der Waals surface area contributed by atoms with Crippen molar-refractivity contribution in [3.63, 3.8) is 0 Å². The summed E-state index contributed by atoms with van der Waals surface area (Å²) < 4.78 is 5.78. The van der Waals surface area contributed by atoms with Crippen molar-refractivity contribution in [2.75, 3.05) is 27.2 Å². The van der Waals surface area contributed by atoms with Crippen molar-refractivity contribution in [3.8, 4) is 0 Å². The van der Waals surface area contributed by atoms with Crippen molar-refractivity contribution < 1.29 is 4.74 Å². The van der Waals surface area contributed by atoms with Crippen LogP contribution in [-0.4, -0.2) is 44.3 Å². The second-order valence-corrected chi connectivity index (χ2v) is 5.73. The van der Waals surface area contributed by atoms with Gasteiger partial charge in [-0.3, -0.25) is 4.90 Å². The van der Waals surface area contributed by atoms with Crippen LogP contribution in [-0.2, 0) is 4.74 Å².